The first-order valence-corrected chi connectivity index (χ1v) is 12.9. The average Bonchev–Trinajstić information content (AvgIpc) is 3.10. The molecule has 0 radical (unpaired) electrons. The number of hydrogen-bond donors (Lipinski definition) is 0. The van der Waals surface area contributed by atoms with Gasteiger partial charge in [0.1, 0.15) is 4.83 Å². The first kappa shape index (κ1) is 23.1. The van der Waals surface area contributed by atoms with Crippen LogP contribution in [0.3, 0.4) is 0 Å². The van der Waals surface area contributed by atoms with Crippen LogP contribution >= 0.6 is 23.1 Å². The molecule has 4 rings (SSSR count). The summed E-state index contributed by atoms with van der Waals surface area (Å²) in [5, 5.41) is 1.28. The van der Waals surface area contributed by atoms with Crippen LogP contribution < -0.4 is 5.56 Å². The van der Waals surface area contributed by atoms with Gasteiger partial charge in [0.25, 0.3) is 5.56 Å². The highest BCUT2D eigenvalue weighted by atomic mass is 32.2. The van der Waals surface area contributed by atoms with Crippen molar-refractivity contribution in [3.8, 4) is 5.69 Å². The molecular weight excluding hydrogens is 440 g/mol. The van der Waals surface area contributed by atoms with E-state index in [4.69, 9.17) is 9.72 Å². The van der Waals surface area contributed by atoms with Crippen molar-refractivity contribution in [3.63, 3.8) is 0 Å². The van der Waals surface area contributed by atoms with Crippen LogP contribution in [0.5, 0.6) is 0 Å². The van der Waals surface area contributed by atoms with Gasteiger partial charge >= 0.3 is 5.97 Å². The normalized spacial score (nSPS) is 16.2. The Morgan fingerprint density at radius 1 is 1.28 bits per heavy atom. The zero-order valence-electron chi connectivity index (χ0n) is 19.4. The number of esters is 1. The van der Waals surface area contributed by atoms with Crippen molar-refractivity contribution in [1.29, 1.82) is 0 Å². The zero-order chi connectivity index (χ0) is 23.0. The zero-order valence-corrected chi connectivity index (χ0v) is 21.0. The number of aromatic nitrogens is 2. The SMILES string of the molecule is CCOC(=O)CSc1nc2sc3c(c2c(=O)n1-c1ccc(C)cc1)CC[C@@H](C(C)(C)C)C3. The average molecular weight is 471 g/mol. The maximum Gasteiger partial charge on any atom is 0.316 e. The quantitative estimate of drug-likeness (QED) is 0.277. The summed E-state index contributed by atoms with van der Waals surface area (Å²) in [6.07, 6.45) is 3.00. The first-order valence-electron chi connectivity index (χ1n) is 11.1. The molecule has 0 saturated heterocycles. The van der Waals surface area contributed by atoms with Gasteiger partial charge in [-0.2, -0.15) is 0 Å². The van der Waals surface area contributed by atoms with Crippen molar-refractivity contribution in [1.82, 2.24) is 9.55 Å². The van der Waals surface area contributed by atoms with E-state index in [0.717, 1.165) is 40.7 Å². The number of nitrogens with zero attached hydrogens (tertiary/aromatic N) is 2. The molecule has 0 unspecified atom stereocenters. The first-order chi connectivity index (χ1) is 15.2. The number of thiophene rings is 1. The topological polar surface area (TPSA) is 61.2 Å². The summed E-state index contributed by atoms with van der Waals surface area (Å²) in [4.78, 5) is 32.8. The van der Waals surface area contributed by atoms with Crippen molar-refractivity contribution >= 4 is 39.3 Å². The van der Waals surface area contributed by atoms with E-state index in [1.165, 1.54) is 22.2 Å². The Hall–Kier alpha value is -2.12. The Kier molecular flexibility index (Phi) is 6.50. The lowest BCUT2D eigenvalue weighted by molar-refractivity contribution is -0.139. The van der Waals surface area contributed by atoms with Crippen LogP contribution in [0.15, 0.2) is 34.2 Å². The molecule has 0 fully saturated rings. The van der Waals surface area contributed by atoms with Crippen LogP contribution in [0.4, 0.5) is 0 Å². The van der Waals surface area contributed by atoms with E-state index in [1.807, 2.05) is 31.2 Å². The van der Waals surface area contributed by atoms with E-state index in [0.29, 0.717) is 17.7 Å². The molecule has 7 heteroatoms. The molecule has 5 nitrogen and oxygen atoms in total. The molecule has 0 spiro atoms. The van der Waals surface area contributed by atoms with Crippen molar-refractivity contribution < 1.29 is 9.53 Å². The summed E-state index contributed by atoms with van der Waals surface area (Å²) in [6.45, 7) is 11.0. The Morgan fingerprint density at radius 3 is 2.66 bits per heavy atom. The molecule has 0 bridgehead atoms. The van der Waals surface area contributed by atoms with E-state index in [-0.39, 0.29) is 22.7 Å². The van der Waals surface area contributed by atoms with Crippen LogP contribution in [-0.4, -0.2) is 27.9 Å². The third-order valence-corrected chi connectivity index (χ3v) is 8.25. The summed E-state index contributed by atoms with van der Waals surface area (Å²) in [5.41, 5.74) is 3.26. The lowest BCUT2D eigenvalue weighted by Crippen LogP contribution is -2.27. The van der Waals surface area contributed by atoms with Gasteiger partial charge in [-0.3, -0.25) is 14.2 Å². The molecule has 170 valence electrons. The van der Waals surface area contributed by atoms with Gasteiger partial charge in [0.15, 0.2) is 5.16 Å². The van der Waals surface area contributed by atoms with E-state index in [9.17, 15) is 9.59 Å². The van der Waals surface area contributed by atoms with Gasteiger partial charge in [-0.05, 0) is 62.1 Å². The minimum absolute atomic E-state index is 0.0445. The van der Waals surface area contributed by atoms with Crippen molar-refractivity contribution in [2.75, 3.05) is 12.4 Å². The molecule has 2 heterocycles. The fourth-order valence-electron chi connectivity index (χ4n) is 4.29. The predicted molar refractivity (Wildman–Crippen MR) is 132 cm³/mol. The van der Waals surface area contributed by atoms with Gasteiger partial charge in [0.05, 0.1) is 23.4 Å². The largest absolute Gasteiger partial charge is 0.465 e. The Bertz CT molecular complexity index is 1200. The Morgan fingerprint density at radius 2 is 2.00 bits per heavy atom. The van der Waals surface area contributed by atoms with Gasteiger partial charge in [-0.1, -0.05) is 50.2 Å². The van der Waals surface area contributed by atoms with E-state index in [2.05, 4.69) is 20.8 Å². The van der Waals surface area contributed by atoms with Crippen LogP contribution in [0.25, 0.3) is 15.9 Å². The second-order valence-corrected chi connectivity index (χ2v) is 11.5. The van der Waals surface area contributed by atoms with Crippen LogP contribution in [0.2, 0.25) is 0 Å². The summed E-state index contributed by atoms with van der Waals surface area (Å²) in [5.74, 6) is 0.412. The standard InChI is InChI=1S/C25H30N2O3S2/c1-6-30-20(28)14-31-24-26-22-21(23(29)27(24)17-10-7-15(2)8-11-17)18-12-9-16(25(3,4)5)13-19(18)32-22/h7-8,10-11,16H,6,9,12-14H2,1-5H3/t16-/m1/s1. The number of hydrogen-bond acceptors (Lipinski definition) is 6. The molecule has 32 heavy (non-hydrogen) atoms. The summed E-state index contributed by atoms with van der Waals surface area (Å²) < 4.78 is 6.74. The number of benzene rings is 1. The summed E-state index contributed by atoms with van der Waals surface area (Å²) in [7, 11) is 0. The fourth-order valence-corrected chi connectivity index (χ4v) is 6.44. The van der Waals surface area contributed by atoms with Crippen LogP contribution in [0.1, 0.15) is 50.1 Å². The number of carbonyl (C=O) groups is 1. The highest BCUT2D eigenvalue weighted by molar-refractivity contribution is 7.99. The molecule has 0 aliphatic heterocycles. The van der Waals surface area contributed by atoms with Gasteiger partial charge in [0, 0.05) is 4.88 Å². The number of carbonyl (C=O) groups excluding carboxylic acids is 1. The molecule has 2 aromatic heterocycles. The lowest BCUT2D eigenvalue weighted by Gasteiger charge is -2.33. The molecule has 0 amide bonds. The molecular formula is C25H30N2O3S2. The number of ether oxygens (including phenoxy) is 1. The maximum atomic E-state index is 13.8. The molecule has 1 aromatic carbocycles. The minimum atomic E-state index is -0.305. The second kappa shape index (κ2) is 9.02. The molecule has 0 N–H and O–H groups in total. The monoisotopic (exact) mass is 470 g/mol. The van der Waals surface area contributed by atoms with Crippen molar-refractivity contribution in [2.45, 2.75) is 59.0 Å². The van der Waals surface area contributed by atoms with E-state index >= 15 is 0 Å². The molecule has 1 aliphatic rings. The predicted octanol–water partition coefficient (Wildman–Crippen LogP) is 5.56. The minimum Gasteiger partial charge on any atom is -0.465 e. The van der Waals surface area contributed by atoms with Gasteiger partial charge in [-0.25, -0.2) is 4.98 Å². The van der Waals surface area contributed by atoms with E-state index < -0.39 is 0 Å². The van der Waals surface area contributed by atoms with Gasteiger partial charge in [0.2, 0.25) is 0 Å². The molecule has 3 aromatic rings. The number of fused-ring (bicyclic) bond motifs is 3. The van der Waals surface area contributed by atoms with E-state index in [1.54, 1.807) is 22.8 Å². The molecule has 1 atom stereocenters. The van der Waals surface area contributed by atoms with Crippen molar-refractivity contribution in [3.05, 3.63) is 50.6 Å². The van der Waals surface area contributed by atoms with Crippen LogP contribution in [-0.2, 0) is 22.4 Å². The number of aryl methyl sites for hydroxylation is 2. The maximum absolute atomic E-state index is 13.8. The highest BCUT2D eigenvalue weighted by Gasteiger charge is 2.32. The Labute approximate surface area is 197 Å². The fraction of sp³-hybridized carbons (Fsp3) is 0.480. The smallest absolute Gasteiger partial charge is 0.316 e. The van der Waals surface area contributed by atoms with Crippen molar-refractivity contribution in [2.24, 2.45) is 11.3 Å². The molecule has 0 saturated carbocycles. The lowest BCUT2D eigenvalue weighted by atomic mass is 9.72. The summed E-state index contributed by atoms with van der Waals surface area (Å²) in [6, 6.07) is 7.85. The van der Waals surface area contributed by atoms with Gasteiger partial charge in [-0.15, -0.1) is 11.3 Å². The third kappa shape index (κ3) is 4.50. The van der Waals surface area contributed by atoms with Gasteiger partial charge < -0.3 is 4.74 Å². The Balaban J connectivity index is 1.84. The third-order valence-electron chi connectivity index (χ3n) is 6.19. The number of rotatable bonds is 5. The molecule has 1 aliphatic carbocycles. The van der Waals surface area contributed by atoms with Crippen LogP contribution in [0, 0.1) is 18.3 Å². The number of thioether (sulfide) groups is 1. The highest BCUT2D eigenvalue weighted by Crippen LogP contribution is 2.42. The summed E-state index contributed by atoms with van der Waals surface area (Å²) >= 11 is 2.90. The second-order valence-electron chi connectivity index (χ2n) is 9.45.